The van der Waals surface area contributed by atoms with E-state index >= 15 is 0 Å². The number of para-hydroxylation sites is 1. The first-order chi connectivity index (χ1) is 14.7. The van der Waals surface area contributed by atoms with Gasteiger partial charge in [0.1, 0.15) is 5.82 Å². The predicted molar refractivity (Wildman–Crippen MR) is 120 cm³/mol. The number of hydrogen-bond acceptors (Lipinski definition) is 4. The van der Waals surface area contributed by atoms with Crippen LogP contribution in [0.5, 0.6) is 0 Å². The van der Waals surface area contributed by atoms with Crippen LogP contribution >= 0.6 is 0 Å². The summed E-state index contributed by atoms with van der Waals surface area (Å²) in [5, 5.41) is 5.54. The molecule has 2 N–H and O–H groups in total. The van der Waals surface area contributed by atoms with Gasteiger partial charge in [-0.15, -0.1) is 0 Å². The SMILES string of the molecule is CCCCNC(=O)c1ccccc1NC(=O)CCCN(c1ccc(F)cc1)S(C)(=O)=O. The minimum absolute atomic E-state index is 0.0546. The molecule has 0 aliphatic heterocycles. The lowest BCUT2D eigenvalue weighted by Gasteiger charge is -2.22. The number of rotatable bonds is 11. The number of benzene rings is 2. The maximum atomic E-state index is 13.1. The number of nitrogens with zero attached hydrogens (tertiary/aromatic N) is 1. The van der Waals surface area contributed by atoms with E-state index in [0.29, 0.717) is 23.5 Å². The van der Waals surface area contributed by atoms with Crippen LogP contribution in [0.15, 0.2) is 48.5 Å². The number of halogens is 1. The van der Waals surface area contributed by atoms with Crippen molar-refractivity contribution in [2.45, 2.75) is 32.6 Å². The Morgan fingerprint density at radius 3 is 2.35 bits per heavy atom. The average Bonchev–Trinajstić information content (AvgIpc) is 2.72. The highest BCUT2D eigenvalue weighted by Gasteiger charge is 2.18. The molecular formula is C22H28FN3O4S. The van der Waals surface area contributed by atoms with E-state index in [-0.39, 0.29) is 31.2 Å². The Labute approximate surface area is 182 Å². The molecule has 7 nitrogen and oxygen atoms in total. The zero-order valence-corrected chi connectivity index (χ0v) is 18.5. The lowest BCUT2D eigenvalue weighted by molar-refractivity contribution is -0.116. The summed E-state index contributed by atoms with van der Waals surface area (Å²) in [6.45, 7) is 2.65. The number of amides is 2. The monoisotopic (exact) mass is 449 g/mol. The van der Waals surface area contributed by atoms with Crippen molar-refractivity contribution in [3.05, 3.63) is 59.9 Å². The summed E-state index contributed by atoms with van der Waals surface area (Å²) in [7, 11) is -3.59. The first-order valence-corrected chi connectivity index (χ1v) is 12.0. The molecule has 0 bridgehead atoms. The standard InChI is InChI=1S/C22H28FN3O4S/c1-3-4-15-24-22(28)19-8-5-6-9-20(19)25-21(27)10-7-16-26(31(2,29)30)18-13-11-17(23)12-14-18/h5-6,8-9,11-14H,3-4,7,10,15-16H2,1-2H3,(H,24,28)(H,25,27). The Hall–Kier alpha value is -2.94. The van der Waals surface area contributed by atoms with Crippen molar-refractivity contribution in [3.8, 4) is 0 Å². The molecule has 2 amide bonds. The van der Waals surface area contributed by atoms with Crippen molar-refractivity contribution in [3.63, 3.8) is 0 Å². The van der Waals surface area contributed by atoms with Gasteiger partial charge in [-0.2, -0.15) is 0 Å². The van der Waals surface area contributed by atoms with E-state index in [1.165, 1.54) is 24.3 Å². The van der Waals surface area contributed by atoms with E-state index in [4.69, 9.17) is 0 Å². The van der Waals surface area contributed by atoms with E-state index in [1.54, 1.807) is 24.3 Å². The van der Waals surface area contributed by atoms with Crippen molar-refractivity contribution in [1.82, 2.24) is 5.32 Å². The van der Waals surface area contributed by atoms with Crippen LogP contribution in [-0.4, -0.2) is 39.6 Å². The third-order valence-corrected chi connectivity index (χ3v) is 5.74. The molecule has 0 fully saturated rings. The van der Waals surface area contributed by atoms with Gasteiger partial charge in [-0.3, -0.25) is 13.9 Å². The minimum atomic E-state index is -3.59. The van der Waals surface area contributed by atoms with E-state index in [9.17, 15) is 22.4 Å². The van der Waals surface area contributed by atoms with Gasteiger partial charge in [0.15, 0.2) is 0 Å². The summed E-state index contributed by atoms with van der Waals surface area (Å²) >= 11 is 0. The van der Waals surface area contributed by atoms with Crippen molar-refractivity contribution in [2.24, 2.45) is 0 Å². The second-order valence-electron chi connectivity index (χ2n) is 7.12. The van der Waals surface area contributed by atoms with Crippen molar-refractivity contribution in [2.75, 3.05) is 29.0 Å². The van der Waals surface area contributed by atoms with E-state index < -0.39 is 15.8 Å². The second-order valence-corrected chi connectivity index (χ2v) is 9.03. The fraction of sp³-hybridized carbons (Fsp3) is 0.364. The van der Waals surface area contributed by atoms with Crippen molar-refractivity contribution < 1.29 is 22.4 Å². The topological polar surface area (TPSA) is 95.6 Å². The van der Waals surface area contributed by atoms with Gasteiger partial charge in [-0.25, -0.2) is 12.8 Å². The van der Waals surface area contributed by atoms with Crippen LogP contribution in [0.4, 0.5) is 15.8 Å². The molecule has 31 heavy (non-hydrogen) atoms. The maximum absolute atomic E-state index is 13.1. The fourth-order valence-corrected chi connectivity index (χ4v) is 3.92. The second kappa shape index (κ2) is 11.5. The lowest BCUT2D eigenvalue weighted by atomic mass is 10.1. The summed E-state index contributed by atoms with van der Waals surface area (Å²) in [5.74, 6) is -1.06. The summed E-state index contributed by atoms with van der Waals surface area (Å²) in [5.41, 5.74) is 1.11. The summed E-state index contributed by atoms with van der Waals surface area (Å²) in [6.07, 6.45) is 3.19. The Morgan fingerprint density at radius 2 is 1.71 bits per heavy atom. The number of anilines is 2. The van der Waals surface area contributed by atoms with Gasteiger partial charge in [0.25, 0.3) is 5.91 Å². The molecule has 2 aromatic rings. The third kappa shape index (κ3) is 7.67. The summed E-state index contributed by atoms with van der Waals surface area (Å²) < 4.78 is 38.5. The molecule has 0 saturated heterocycles. The molecule has 0 radical (unpaired) electrons. The lowest BCUT2D eigenvalue weighted by Crippen LogP contribution is -2.31. The first-order valence-electron chi connectivity index (χ1n) is 10.1. The van der Waals surface area contributed by atoms with Gasteiger partial charge in [-0.05, 0) is 49.2 Å². The quantitative estimate of drug-likeness (QED) is 0.513. The molecule has 2 rings (SSSR count). The van der Waals surface area contributed by atoms with Gasteiger partial charge in [-0.1, -0.05) is 25.5 Å². The maximum Gasteiger partial charge on any atom is 0.253 e. The van der Waals surface area contributed by atoms with Crippen LogP contribution in [0, 0.1) is 5.82 Å². The molecule has 0 aliphatic rings. The molecular weight excluding hydrogens is 421 g/mol. The molecule has 0 aliphatic carbocycles. The van der Waals surface area contributed by atoms with Crippen LogP contribution < -0.4 is 14.9 Å². The van der Waals surface area contributed by atoms with Crippen LogP contribution in [0.3, 0.4) is 0 Å². The first kappa shape index (κ1) is 24.3. The molecule has 0 aromatic heterocycles. The average molecular weight is 450 g/mol. The Bertz CT molecular complexity index is 994. The highest BCUT2D eigenvalue weighted by molar-refractivity contribution is 7.92. The number of carbonyl (C=O) groups is 2. The Kier molecular flexibility index (Phi) is 8.99. The highest BCUT2D eigenvalue weighted by Crippen LogP contribution is 2.19. The zero-order chi connectivity index (χ0) is 22.9. The number of unbranched alkanes of at least 4 members (excludes halogenated alkanes) is 1. The number of nitrogens with one attached hydrogen (secondary N) is 2. The molecule has 9 heteroatoms. The van der Waals surface area contributed by atoms with E-state index in [2.05, 4.69) is 10.6 Å². The number of hydrogen-bond donors (Lipinski definition) is 2. The van der Waals surface area contributed by atoms with Crippen molar-refractivity contribution >= 4 is 33.2 Å². The molecule has 168 valence electrons. The van der Waals surface area contributed by atoms with Crippen LogP contribution in [0.1, 0.15) is 43.0 Å². The van der Waals surface area contributed by atoms with Gasteiger partial charge in [0, 0.05) is 19.5 Å². The Morgan fingerprint density at radius 1 is 1.03 bits per heavy atom. The predicted octanol–water partition coefficient (Wildman–Crippen LogP) is 3.54. The molecule has 0 atom stereocenters. The van der Waals surface area contributed by atoms with Gasteiger partial charge in [0.05, 0.1) is 23.2 Å². The van der Waals surface area contributed by atoms with Crippen LogP contribution in [0.2, 0.25) is 0 Å². The molecule has 0 spiro atoms. The van der Waals surface area contributed by atoms with Gasteiger partial charge < -0.3 is 10.6 Å². The minimum Gasteiger partial charge on any atom is -0.352 e. The van der Waals surface area contributed by atoms with Gasteiger partial charge in [0.2, 0.25) is 15.9 Å². The van der Waals surface area contributed by atoms with E-state index in [0.717, 1.165) is 23.4 Å². The largest absolute Gasteiger partial charge is 0.352 e. The van der Waals surface area contributed by atoms with E-state index in [1.807, 2.05) is 6.92 Å². The molecule has 0 unspecified atom stereocenters. The number of carbonyl (C=O) groups excluding carboxylic acids is 2. The zero-order valence-electron chi connectivity index (χ0n) is 17.7. The fourth-order valence-electron chi connectivity index (χ4n) is 2.95. The number of sulfonamides is 1. The molecule has 2 aromatic carbocycles. The van der Waals surface area contributed by atoms with Crippen LogP contribution in [-0.2, 0) is 14.8 Å². The van der Waals surface area contributed by atoms with Crippen molar-refractivity contribution in [1.29, 1.82) is 0 Å². The summed E-state index contributed by atoms with van der Waals surface area (Å²) in [6, 6.07) is 11.8. The van der Waals surface area contributed by atoms with Crippen LogP contribution in [0.25, 0.3) is 0 Å². The highest BCUT2D eigenvalue weighted by atomic mass is 32.2. The smallest absolute Gasteiger partial charge is 0.253 e. The normalized spacial score (nSPS) is 11.1. The summed E-state index contributed by atoms with van der Waals surface area (Å²) in [4.78, 5) is 24.8. The Balaban J connectivity index is 1.97. The molecule has 0 saturated carbocycles. The molecule has 0 heterocycles. The van der Waals surface area contributed by atoms with Gasteiger partial charge >= 0.3 is 0 Å². The third-order valence-electron chi connectivity index (χ3n) is 4.54.